The molecule has 1 unspecified atom stereocenters. The van der Waals surface area contributed by atoms with Crippen molar-refractivity contribution in [3.8, 4) is 11.4 Å². The van der Waals surface area contributed by atoms with Crippen LogP contribution >= 0.6 is 11.6 Å². The number of aromatic nitrogens is 1. The highest BCUT2D eigenvalue weighted by molar-refractivity contribution is 7.79. The minimum Gasteiger partial charge on any atom is -0.495 e. The molecule has 0 radical (unpaired) electrons. The van der Waals surface area contributed by atoms with E-state index in [1.54, 1.807) is 31.2 Å². The zero-order valence-corrected chi connectivity index (χ0v) is 15.4. The smallest absolute Gasteiger partial charge is 0.255 e. The standard InChI is InChI=1S/C18H16ClNO4S/c1-10-7-18(21)20(15-5-4-12(25(22)23)8-13(10)15)16-9-14(19)11(2)6-17(16)24-3/h4-9H,1-3H3,(H,22,23). The monoisotopic (exact) mass is 377 g/mol. The van der Waals surface area contributed by atoms with Gasteiger partial charge in [-0.15, -0.1) is 0 Å². The van der Waals surface area contributed by atoms with Crippen molar-refractivity contribution in [2.24, 2.45) is 0 Å². The van der Waals surface area contributed by atoms with E-state index in [0.717, 1.165) is 11.1 Å². The summed E-state index contributed by atoms with van der Waals surface area (Å²) in [7, 11) is 1.53. The van der Waals surface area contributed by atoms with Gasteiger partial charge in [-0.3, -0.25) is 9.36 Å². The van der Waals surface area contributed by atoms with Crippen LogP contribution in [0.2, 0.25) is 5.02 Å². The molecule has 0 aliphatic heterocycles. The Hall–Kier alpha value is -2.15. The Morgan fingerprint density at radius 3 is 2.48 bits per heavy atom. The zero-order chi connectivity index (χ0) is 18.3. The Morgan fingerprint density at radius 2 is 1.84 bits per heavy atom. The first-order chi connectivity index (χ1) is 11.8. The summed E-state index contributed by atoms with van der Waals surface area (Å²) in [6, 6.07) is 9.73. The third-order valence-electron chi connectivity index (χ3n) is 4.10. The molecule has 0 saturated heterocycles. The number of hydrogen-bond acceptors (Lipinski definition) is 3. The number of pyridine rings is 1. The van der Waals surface area contributed by atoms with Crippen LogP contribution in [0, 0.1) is 13.8 Å². The highest BCUT2D eigenvalue weighted by Crippen LogP contribution is 2.31. The minimum atomic E-state index is -2.10. The van der Waals surface area contributed by atoms with E-state index in [1.165, 1.54) is 23.8 Å². The predicted molar refractivity (Wildman–Crippen MR) is 99.6 cm³/mol. The molecule has 0 fully saturated rings. The van der Waals surface area contributed by atoms with Crippen LogP contribution in [-0.2, 0) is 11.1 Å². The summed E-state index contributed by atoms with van der Waals surface area (Å²) in [5.74, 6) is 0.518. The molecule has 0 bridgehead atoms. The Labute approximate surface area is 152 Å². The van der Waals surface area contributed by atoms with Gasteiger partial charge in [0.05, 0.1) is 23.2 Å². The Bertz CT molecular complexity index is 1070. The lowest BCUT2D eigenvalue weighted by atomic mass is 10.1. The molecule has 5 nitrogen and oxygen atoms in total. The number of benzene rings is 2. The summed E-state index contributed by atoms with van der Waals surface area (Å²) in [4.78, 5) is 13.0. The molecule has 3 rings (SSSR count). The second-order valence-corrected chi connectivity index (χ2v) is 7.08. The van der Waals surface area contributed by atoms with Gasteiger partial charge in [-0.2, -0.15) is 0 Å². The van der Waals surface area contributed by atoms with Gasteiger partial charge in [0.15, 0.2) is 11.1 Å². The summed E-state index contributed by atoms with van der Waals surface area (Å²) >= 11 is 4.15. The first-order valence-corrected chi connectivity index (χ1v) is 8.93. The molecule has 3 aromatic rings. The number of fused-ring (bicyclic) bond motifs is 1. The van der Waals surface area contributed by atoms with Crippen molar-refractivity contribution >= 4 is 33.6 Å². The van der Waals surface area contributed by atoms with Gasteiger partial charge in [-0.25, -0.2) is 4.21 Å². The third-order valence-corrected chi connectivity index (χ3v) is 5.16. The first kappa shape index (κ1) is 17.7. The first-order valence-electron chi connectivity index (χ1n) is 7.45. The van der Waals surface area contributed by atoms with E-state index in [2.05, 4.69) is 0 Å². The van der Waals surface area contributed by atoms with E-state index in [9.17, 15) is 13.6 Å². The van der Waals surface area contributed by atoms with Crippen LogP contribution in [0.15, 0.2) is 46.1 Å². The molecule has 1 N–H and O–H groups in total. The summed E-state index contributed by atoms with van der Waals surface area (Å²) in [5, 5.41) is 1.22. The Kier molecular flexibility index (Phi) is 4.69. The average molecular weight is 378 g/mol. The van der Waals surface area contributed by atoms with Crippen LogP contribution in [0.3, 0.4) is 0 Å². The van der Waals surface area contributed by atoms with Gasteiger partial charge in [0.25, 0.3) is 5.56 Å². The summed E-state index contributed by atoms with van der Waals surface area (Å²) < 4.78 is 27.6. The van der Waals surface area contributed by atoms with Gasteiger partial charge in [0, 0.05) is 16.5 Å². The molecular weight excluding hydrogens is 362 g/mol. The highest BCUT2D eigenvalue weighted by Gasteiger charge is 2.15. The second kappa shape index (κ2) is 6.63. The van der Waals surface area contributed by atoms with Crippen LogP contribution in [0.25, 0.3) is 16.6 Å². The summed E-state index contributed by atoms with van der Waals surface area (Å²) in [6.07, 6.45) is 0. The van der Waals surface area contributed by atoms with E-state index in [1.807, 2.05) is 6.92 Å². The van der Waals surface area contributed by atoms with E-state index < -0.39 is 11.1 Å². The van der Waals surface area contributed by atoms with Crippen molar-refractivity contribution in [1.82, 2.24) is 4.57 Å². The van der Waals surface area contributed by atoms with Gasteiger partial charge in [-0.05, 0) is 55.3 Å². The fourth-order valence-electron chi connectivity index (χ4n) is 2.81. The van der Waals surface area contributed by atoms with Gasteiger partial charge in [0.2, 0.25) is 0 Å². The third kappa shape index (κ3) is 3.08. The number of halogens is 1. The minimum absolute atomic E-state index is 0.235. The fourth-order valence-corrected chi connectivity index (χ4v) is 3.37. The Balaban J connectivity index is 2.43. The lowest BCUT2D eigenvalue weighted by Crippen LogP contribution is -2.19. The van der Waals surface area contributed by atoms with Crippen LogP contribution in [0.5, 0.6) is 5.75 Å². The van der Waals surface area contributed by atoms with Crippen molar-refractivity contribution in [1.29, 1.82) is 0 Å². The summed E-state index contributed by atoms with van der Waals surface area (Å²) in [6.45, 7) is 3.64. The maximum Gasteiger partial charge on any atom is 0.255 e. The molecule has 0 spiro atoms. The van der Waals surface area contributed by atoms with Crippen LogP contribution in [0.4, 0.5) is 0 Å². The number of aryl methyl sites for hydroxylation is 2. The van der Waals surface area contributed by atoms with Crippen molar-refractivity contribution < 1.29 is 13.5 Å². The highest BCUT2D eigenvalue weighted by atomic mass is 35.5. The van der Waals surface area contributed by atoms with Crippen molar-refractivity contribution in [2.45, 2.75) is 18.7 Å². The van der Waals surface area contributed by atoms with Crippen LogP contribution in [0.1, 0.15) is 11.1 Å². The molecule has 130 valence electrons. The van der Waals surface area contributed by atoms with Gasteiger partial charge < -0.3 is 9.29 Å². The molecule has 0 amide bonds. The molecule has 1 heterocycles. The van der Waals surface area contributed by atoms with Crippen LogP contribution < -0.4 is 10.3 Å². The van der Waals surface area contributed by atoms with Crippen LogP contribution in [-0.4, -0.2) is 20.4 Å². The number of rotatable bonds is 3. The number of hydrogen-bond donors (Lipinski definition) is 1. The number of nitrogens with zero attached hydrogens (tertiary/aromatic N) is 1. The quantitative estimate of drug-likeness (QED) is 0.704. The molecule has 0 aliphatic carbocycles. The normalized spacial score (nSPS) is 12.4. The Morgan fingerprint density at radius 1 is 1.12 bits per heavy atom. The van der Waals surface area contributed by atoms with E-state index >= 15 is 0 Å². The van der Waals surface area contributed by atoms with E-state index in [0.29, 0.717) is 27.4 Å². The lowest BCUT2D eigenvalue weighted by molar-refractivity contribution is 0.412. The predicted octanol–water partition coefficient (Wildman–Crippen LogP) is 3.85. The molecule has 0 saturated carbocycles. The molecule has 2 aromatic carbocycles. The topological polar surface area (TPSA) is 68.5 Å². The number of methoxy groups -OCH3 is 1. The van der Waals surface area contributed by atoms with Gasteiger partial charge in [0.1, 0.15) is 5.75 Å². The maximum atomic E-state index is 12.7. The van der Waals surface area contributed by atoms with Crippen molar-refractivity contribution in [3.63, 3.8) is 0 Å². The molecule has 7 heteroatoms. The van der Waals surface area contributed by atoms with Gasteiger partial charge >= 0.3 is 0 Å². The summed E-state index contributed by atoms with van der Waals surface area (Å²) in [5.41, 5.74) is 2.45. The fraction of sp³-hybridized carbons (Fsp3) is 0.167. The lowest BCUT2D eigenvalue weighted by Gasteiger charge is -2.16. The second-order valence-electron chi connectivity index (χ2n) is 5.70. The van der Waals surface area contributed by atoms with E-state index in [4.69, 9.17) is 16.3 Å². The molecule has 25 heavy (non-hydrogen) atoms. The molecule has 1 atom stereocenters. The largest absolute Gasteiger partial charge is 0.495 e. The molecule has 0 aliphatic rings. The maximum absolute atomic E-state index is 12.7. The zero-order valence-electron chi connectivity index (χ0n) is 13.9. The van der Waals surface area contributed by atoms with Crippen molar-refractivity contribution in [3.05, 3.63) is 62.9 Å². The molecule has 1 aromatic heterocycles. The van der Waals surface area contributed by atoms with Crippen molar-refractivity contribution in [2.75, 3.05) is 7.11 Å². The SMILES string of the molecule is COc1cc(C)c(Cl)cc1-n1c(=O)cc(C)c2cc(S(=O)O)ccc21. The molecular formula is C18H16ClNO4S. The average Bonchev–Trinajstić information content (AvgIpc) is 2.57. The number of ether oxygens (including phenoxy) is 1. The van der Waals surface area contributed by atoms with Gasteiger partial charge in [-0.1, -0.05) is 11.6 Å². The van der Waals surface area contributed by atoms with E-state index in [-0.39, 0.29) is 10.5 Å².